The lowest BCUT2D eigenvalue weighted by molar-refractivity contribution is -0.132. The third kappa shape index (κ3) is 3.99. The number of ether oxygens (including phenoxy) is 2. The number of amides is 1. The lowest BCUT2D eigenvalue weighted by Gasteiger charge is -2.23. The molecule has 1 aromatic heterocycles. The SMILES string of the molecule is CCOc1ccc([C@@H]2C(=C(O)c3ccc4c(c3)C[C@H](C)O4)C(=O)C(=O)N2c2nc3ccc(F)cc3s2)cc1. The number of thiazole rings is 1. The Morgan fingerprint density at radius 2 is 1.95 bits per heavy atom. The number of halogens is 1. The molecule has 1 saturated heterocycles. The molecule has 2 aliphatic heterocycles. The number of aliphatic hydroxyl groups excluding tert-OH is 1. The van der Waals surface area contributed by atoms with Crippen LogP contribution in [0, 0.1) is 5.82 Å². The Kier molecular flexibility index (Phi) is 5.87. The average molecular weight is 531 g/mol. The van der Waals surface area contributed by atoms with Gasteiger partial charge in [0.1, 0.15) is 29.2 Å². The average Bonchev–Trinajstić information content (AvgIpc) is 3.56. The summed E-state index contributed by atoms with van der Waals surface area (Å²) < 4.78 is 25.7. The molecule has 9 heteroatoms. The van der Waals surface area contributed by atoms with Crippen molar-refractivity contribution >= 4 is 44.1 Å². The number of carbonyl (C=O) groups is 2. The Morgan fingerprint density at radius 1 is 1.16 bits per heavy atom. The van der Waals surface area contributed by atoms with Crippen molar-refractivity contribution in [2.24, 2.45) is 0 Å². The summed E-state index contributed by atoms with van der Waals surface area (Å²) >= 11 is 1.11. The number of Topliss-reactive ketones (excluding diaryl/α,β-unsaturated/α-hetero) is 1. The van der Waals surface area contributed by atoms with E-state index in [0.29, 0.717) is 40.1 Å². The zero-order chi connectivity index (χ0) is 26.6. The van der Waals surface area contributed by atoms with E-state index in [1.165, 1.54) is 23.1 Å². The molecule has 0 saturated carbocycles. The van der Waals surface area contributed by atoms with Gasteiger partial charge in [-0.05, 0) is 73.5 Å². The summed E-state index contributed by atoms with van der Waals surface area (Å²) in [7, 11) is 0. The van der Waals surface area contributed by atoms with Gasteiger partial charge in [0.05, 0.1) is 28.4 Å². The smallest absolute Gasteiger partial charge is 0.301 e. The van der Waals surface area contributed by atoms with Crippen molar-refractivity contribution in [1.29, 1.82) is 0 Å². The van der Waals surface area contributed by atoms with Crippen LogP contribution in [0.5, 0.6) is 11.5 Å². The maximum absolute atomic E-state index is 13.9. The molecule has 38 heavy (non-hydrogen) atoms. The highest BCUT2D eigenvalue weighted by Crippen LogP contribution is 2.45. The van der Waals surface area contributed by atoms with Gasteiger partial charge in [-0.3, -0.25) is 14.5 Å². The number of nitrogens with zero attached hydrogens (tertiary/aromatic N) is 2. The van der Waals surface area contributed by atoms with Crippen molar-refractivity contribution in [2.75, 3.05) is 11.5 Å². The number of benzene rings is 3. The van der Waals surface area contributed by atoms with Crippen LogP contribution in [0.4, 0.5) is 9.52 Å². The van der Waals surface area contributed by atoms with Gasteiger partial charge in [0, 0.05) is 12.0 Å². The molecule has 3 heterocycles. The first kappa shape index (κ1) is 24.1. The predicted molar refractivity (Wildman–Crippen MR) is 142 cm³/mol. The third-order valence-electron chi connectivity index (χ3n) is 6.67. The van der Waals surface area contributed by atoms with E-state index < -0.39 is 23.5 Å². The molecule has 0 spiro atoms. The second-order valence-electron chi connectivity index (χ2n) is 9.23. The minimum absolute atomic E-state index is 0.0145. The molecular weight excluding hydrogens is 507 g/mol. The van der Waals surface area contributed by atoms with Gasteiger partial charge < -0.3 is 14.6 Å². The first-order valence-electron chi connectivity index (χ1n) is 12.2. The Balaban J connectivity index is 1.51. The number of carbonyl (C=O) groups excluding carboxylic acids is 2. The van der Waals surface area contributed by atoms with Crippen LogP contribution in [0.3, 0.4) is 0 Å². The highest BCUT2D eigenvalue weighted by Gasteiger charge is 2.48. The predicted octanol–water partition coefficient (Wildman–Crippen LogP) is 5.78. The Bertz CT molecular complexity index is 1630. The van der Waals surface area contributed by atoms with Crippen molar-refractivity contribution in [1.82, 2.24) is 4.98 Å². The van der Waals surface area contributed by atoms with E-state index in [0.717, 1.165) is 22.6 Å². The topological polar surface area (TPSA) is 89.0 Å². The molecule has 6 rings (SSSR count). The van der Waals surface area contributed by atoms with Crippen molar-refractivity contribution in [3.63, 3.8) is 0 Å². The molecule has 4 aromatic rings. The van der Waals surface area contributed by atoms with E-state index >= 15 is 0 Å². The van der Waals surface area contributed by atoms with Gasteiger partial charge in [-0.1, -0.05) is 23.5 Å². The van der Waals surface area contributed by atoms with Gasteiger partial charge in [0.25, 0.3) is 5.78 Å². The minimum atomic E-state index is -0.945. The second-order valence-corrected chi connectivity index (χ2v) is 10.2. The van der Waals surface area contributed by atoms with Crippen LogP contribution in [0.25, 0.3) is 16.0 Å². The maximum Gasteiger partial charge on any atom is 0.301 e. The fraction of sp³-hybridized carbons (Fsp3) is 0.207. The molecule has 2 atom stereocenters. The van der Waals surface area contributed by atoms with Crippen molar-refractivity contribution in [3.05, 3.63) is 88.7 Å². The van der Waals surface area contributed by atoms with Crippen LogP contribution in [0.1, 0.15) is 36.6 Å². The Morgan fingerprint density at radius 3 is 2.71 bits per heavy atom. The van der Waals surface area contributed by atoms with Gasteiger partial charge in [-0.25, -0.2) is 9.37 Å². The van der Waals surface area contributed by atoms with Crippen LogP contribution < -0.4 is 14.4 Å². The van der Waals surface area contributed by atoms with Gasteiger partial charge in [0.2, 0.25) is 0 Å². The van der Waals surface area contributed by atoms with Crippen molar-refractivity contribution < 1.29 is 28.6 Å². The molecule has 0 radical (unpaired) electrons. The van der Waals surface area contributed by atoms with Crippen LogP contribution in [0.2, 0.25) is 0 Å². The summed E-state index contributed by atoms with van der Waals surface area (Å²) in [5, 5.41) is 11.7. The number of fused-ring (bicyclic) bond motifs is 2. The Labute approximate surface area is 221 Å². The summed E-state index contributed by atoms with van der Waals surface area (Å²) in [6.07, 6.45) is 0.691. The van der Waals surface area contributed by atoms with Gasteiger partial charge in [-0.15, -0.1) is 0 Å². The number of rotatable bonds is 5. The molecule has 1 amide bonds. The third-order valence-corrected chi connectivity index (χ3v) is 7.68. The number of ketones is 1. The lowest BCUT2D eigenvalue weighted by atomic mass is 9.94. The van der Waals surface area contributed by atoms with E-state index in [9.17, 15) is 19.1 Å². The van der Waals surface area contributed by atoms with Crippen molar-refractivity contribution in [2.45, 2.75) is 32.4 Å². The minimum Gasteiger partial charge on any atom is -0.507 e. The van der Waals surface area contributed by atoms with E-state index in [4.69, 9.17) is 9.47 Å². The highest BCUT2D eigenvalue weighted by atomic mass is 32.1. The summed E-state index contributed by atoms with van der Waals surface area (Å²) in [4.78, 5) is 32.7. The number of hydrogen-bond donors (Lipinski definition) is 1. The first-order chi connectivity index (χ1) is 18.3. The molecule has 2 aliphatic rings. The molecule has 3 aromatic carbocycles. The second kappa shape index (κ2) is 9.25. The van der Waals surface area contributed by atoms with E-state index in [-0.39, 0.29) is 22.6 Å². The molecule has 0 bridgehead atoms. The molecule has 192 valence electrons. The van der Waals surface area contributed by atoms with Gasteiger partial charge in [0.15, 0.2) is 5.13 Å². The number of anilines is 1. The summed E-state index contributed by atoms with van der Waals surface area (Å²) in [6.45, 7) is 4.32. The van der Waals surface area contributed by atoms with Gasteiger partial charge >= 0.3 is 5.91 Å². The fourth-order valence-electron chi connectivity index (χ4n) is 4.97. The van der Waals surface area contributed by atoms with E-state index in [2.05, 4.69) is 4.98 Å². The zero-order valence-electron chi connectivity index (χ0n) is 20.6. The standard InChI is InChI=1S/C29H23FN2O5S/c1-3-36-20-8-4-16(5-9-20)25-24(26(33)17-6-11-22-18(13-17)12-15(2)37-22)27(34)28(35)32(25)29-31-21-10-7-19(30)14-23(21)38-29/h4-11,13-15,25,33H,3,12H2,1-2H3/t15-,25+/m0/s1. The zero-order valence-corrected chi connectivity index (χ0v) is 21.4. The molecule has 0 unspecified atom stereocenters. The normalized spacial score (nSPS) is 20.1. The maximum atomic E-state index is 13.9. The van der Waals surface area contributed by atoms with E-state index in [1.807, 2.05) is 13.8 Å². The van der Waals surface area contributed by atoms with Crippen LogP contribution in [-0.2, 0) is 16.0 Å². The monoisotopic (exact) mass is 530 g/mol. The number of aliphatic hydroxyl groups is 1. The van der Waals surface area contributed by atoms with Crippen LogP contribution in [0.15, 0.2) is 66.2 Å². The van der Waals surface area contributed by atoms with Crippen LogP contribution >= 0.6 is 11.3 Å². The molecule has 1 fully saturated rings. The molecule has 7 nitrogen and oxygen atoms in total. The number of aromatic nitrogens is 1. The lowest BCUT2D eigenvalue weighted by Crippen LogP contribution is -2.29. The highest BCUT2D eigenvalue weighted by molar-refractivity contribution is 7.22. The molecule has 1 N–H and O–H groups in total. The van der Waals surface area contributed by atoms with Gasteiger partial charge in [-0.2, -0.15) is 0 Å². The Hall–Kier alpha value is -4.24. The summed E-state index contributed by atoms with van der Waals surface area (Å²) in [6, 6.07) is 15.5. The first-order valence-corrected chi connectivity index (χ1v) is 13.1. The molecule has 0 aliphatic carbocycles. The summed E-state index contributed by atoms with van der Waals surface area (Å²) in [5.74, 6) is -0.970. The fourth-order valence-corrected chi connectivity index (χ4v) is 5.99. The van der Waals surface area contributed by atoms with Crippen LogP contribution in [-0.4, -0.2) is 34.5 Å². The van der Waals surface area contributed by atoms with E-state index in [1.54, 1.807) is 42.5 Å². The summed E-state index contributed by atoms with van der Waals surface area (Å²) in [5.41, 5.74) is 2.39. The largest absolute Gasteiger partial charge is 0.507 e. The molecular formula is C29H23FN2O5S. The quantitative estimate of drug-likeness (QED) is 0.200. The van der Waals surface area contributed by atoms with Crippen molar-refractivity contribution in [3.8, 4) is 11.5 Å². The number of hydrogen-bond acceptors (Lipinski definition) is 7.